The molecule has 2 aliphatic carbocycles. The molecule has 2 heteroatoms. The lowest BCUT2D eigenvalue weighted by molar-refractivity contribution is 0.373. The van der Waals surface area contributed by atoms with E-state index in [1.807, 2.05) is 0 Å². The molecule has 0 aromatic rings. The van der Waals surface area contributed by atoms with E-state index in [1.54, 1.807) is 0 Å². The Morgan fingerprint density at radius 2 is 1.89 bits per heavy atom. The summed E-state index contributed by atoms with van der Waals surface area (Å²) in [7, 11) is -1.67. The first kappa shape index (κ1) is 13.9. The van der Waals surface area contributed by atoms with Gasteiger partial charge in [-0.25, -0.2) is 0 Å². The van der Waals surface area contributed by atoms with Gasteiger partial charge in [0, 0.05) is 0 Å². The van der Waals surface area contributed by atoms with Crippen LogP contribution in [0.3, 0.4) is 0 Å². The Kier molecular flexibility index (Phi) is 3.52. The van der Waals surface area contributed by atoms with E-state index in [9.17, 15) is 0 Å². The molecule has 0 aromatic heterocycles. The first-order chi connectivity index (χ1) is 8.21. The second kappa shape index (κ2) is 4.55. The van der Waals surface area contributed by atoms with Gasteiger partial charge in [0.15, 0.2) is 0 Å². The van der Waals surface area contributed by atoms with Gasteiger partial charge in [-0.2, -0.15) is 0 Å². The number of fused-ring (bicyclic) bond motifs is 1. The highest BCUT2D eigenvalue weighted by molar-refractivity contribution is 6.74. The maximum Gasteiger partial charge on any atom is 0.250 e. The lowest BCUT2D eigenvalue weighted by atomic mass is 9.87. The van der Waals surface area contributed by atoms with Gasteiger partial charge in [-0.15, -0.1) is 0 Å². The van der Waals surface area contributed by atoms with E-state index in [-0.39, 0.29) is 5.04 Å². The molecule has 0 saturated heterocycles. The maximum atomic E-state index is 6.40. The van der Waals surface area contributed by atoms with Crippen LogP contribution in [-0.2, 0) is 4.43 Å². The van der Waals surface area contributed by atoms with Crippen molar-refractivity contribution in [2.75, 3.05) is 0 Å². The van der Waals surface area contributed by atoms with E-state index >= 15 is 0 Å². The van der Waals surface area contributed by atoms with Gasteiger partial charge in [0.2, 0.25) is 8.32 Å². The molecule has 0 heterocycles. The van der Waals surface area contributed by atoms with Crippen LogP contribution < -0.4 is 0 Å². The Labute approximate surface area is 113 Å². The Bertz CT molecular complexity index is 373. The molecule has 1 saturated carbocycles. The lowest BCUT2D eigenvalue weighted by Gasteiger charge is -2.37. The Morgan fingerprint density at radius 3 is 2.50 bits per heavy atom. The fraction of sp³-hybridized carbons (Fsp3) is 0.750. The van der Waals surface area contributed by atoms with Crippen LogP contribution in [0.25, 0.3) is 0 Å². The van der Waals surface area contributed by atoms with Crippen molar-refractivity contribution in [3.05, 3.63) is 24.0 Å². The molecule has 0 N–H and O–H groups in total. The van der Waals surface area contributed by atoms with Crippen molar-refractivity contribution in [2.24, 2.45) is 17.8 Å². The topological polar surface area (TPSA) is 9.23 Å². The summed E-state index contributed by atoms with van der Waals surface area (Å²) >= 11 is 0. The van der Waals surface area contributed by atoms with Crippen LogP contribution in [0.15, 0.2) is 24.0 Å². The second-order valence-electron chi connectivity index (χ2n) is 7.59. The smallest absolute Gasteiger partial charge is 0.250 e. The number of allylic oxidation sites excluding steroid dienone is 3. The molecule has 3 unspecified atom stereocenters. The zero-order valence-corrected chi connectivity index (χ0v) is 13.8. The predicted molar refractivity (Wildman–Crippen MR) is 80.9 cm³/mol. The van der Waals surface area contributed by atoms with Gasteiger partial charge in [0.05, 0.1) is 5.76 Å². The van der Waals surface area contributed by atoms with Gasteiger partial charge in [-0.05, 0) is 60.9 Å². The van der Waals surface area contributed by atoms with E-state index in [0.29, 0.717) is 0 Å². The van der Waals surface area contributed by atoms with Gasteiger partial charge >= 0.3 is 0 Å². The van der Waals surface area contributed by atoms with E-state index < -0.39 is 8.32 Å². The number of hydrogen-bond donors (Lipinski definition) is 0. The van der Waals surface area contributed by atoms with E-state index in [1.165, 1.54) is 12.8 Å². The Morgan fingerprint density at radius 1 is 1.22 bits per heavy atom. The second-order valence-corrected chi connectivity index (χ2v) is 12.3. The highest BCUT2D eigenvalue weighted by atomic mass is 28.4. The highest BCUT2D eigenvalue weighted by Gasteiger charge is 2.40. The molecule has 0 amide bonds. The van der Waals surface area contributed by atoms with Gasteiger partial charge in [0.1, 0.15) is 0 Å². The van der Waals surface area contributed by atoms with Crippen LogP contribution in [0.1, 0.15) is 40.5 Å². The van der Waals surface area contributed by atoms with Crippen molar-refractivity contribution in [3.8, 4) is 0 Å². The first-order valence-electron chi connectivity index (χ1n) is 7.30. The van der Waals surface area contributed by atoms with E-state index in [2.05, 4.69) is 59.0 Å². The van der Waals surface area contributed by atoms with Crippen molar-refractivity contribution in [1.82, 2.24) is 0 Å². The van der Waals surface area contributed by atoms with Crippen molar-refractivity contribution in [3.63, 3.8) is 0 Å². The minimum absolute atomic E-state index is 0.279. The standard InChI is InChI=1S/C16H28OSi/c1-12-7-8-13-11-14(9-10-15(12)13)17-18(5,6)16(2,3)4/h9-13,15H,7-8H2,1-6H3. The summed E-state index contributed by atoms with van der Waals surface area (Å²) in [5.41, 5.74) is 0. The molecule has 0 radical (unpaired) electrons. The minimum Gasteiger partial charge on any atom is -0.544 e. The van der Waals surface area contributed by atoms with E-state index in [4.69, 9.17) is 4.43 Å². The SMILES string of the molecule is CC1CCC2C=C(O[Si](C)(C)C(C)(C)C)C=CC12. The van der Waals surface area contributed by atoms with Crippen molar-refractivity contribution >= 4 is 8.32 Å². The van der Waals surface area contributed by atoms with E-state index in [0.717, 1.165) is 23.5 Å². The van der Waals surface area contributed by atoms with Crippen molar-refractivity contribution < 1.29 is 4.43 Å². The fourth-order valence-corrected chi connectivity index (χ4v) is 3.81. The Balaban J connectivity index is 2.09. The highest BCUT2D eigenvalue weighted by Crippen LogP contribution is 2.43. The summed E-state index contributed by atoms with van der Waals surface area (Å²) in [6.07, 6.45) is 9.72. The van der Waals surface area contributed by atoms with Gasteiger partial charge in [-0.1, -0.05) is 33.8 Å². The Hall–Kier alpha value is -0.503. The molecule has 1 nitrogen and oxygen atoms in total. The molecule has 2 aliphatic rings. The largest absolute Gasteiger partial charge is 0.544 e. The summed E-state index contributed by atoms with van der Waals surface area (Å²) in [6.45, 7) is 13.9. The van der Waals surface area contributed by atoms with Gasteiger partial charge < -0.3 is 4.43 Å². The third-order valence-electron chi connectivity index (χ3n) is 5.15. The molecule has 102 valence electrons. The van der Waals surface area contributed by atoms with Crippen molar-refractivity contribution in [2.45, 2.75) is 58.7 Å². The lowest BCUT2D eigenvalue weighted by Crippen LogP contribution is -2.40. The molecule has 0 spiro atoms. The maximum absolute atomic E-state index is 6.40. The van der Waals surface area contributed by atoms with Crippen LogP contribution in [0.2, 0.25) is 18.1 Å². The molecule has 1 fully saturated rings. The fourth-order valence-electron chi connectivity index (χ4n) is 2.78. The molecule has 0 bridgehead atoms. The first-order valence-corrected chi connectivity index (χ1v) is 10.2. The number of hydrogen-bond acceptors (Lipinski definition) is 1. The quantitative estimate of drug-likeness (QED) is 0.629. The average Bonchev–Trinajstić information content (AvgIpc) is 2.58. The monoisotopic (exact) mass is 264 g/mol. The zero-order valence-electron chi connectivity index (χ0n) is 12.8. The summed E-state index contributed by atoms with van der Waals surface area (Å²) in [6, 6.07) is 0. The molecule has 3 atom stereocenters. The summed E-state index contributed by atoms with van der Waals surface area (Å²) in [4.78, 5) is 0. The molecule has 18 heavy (non-hydrogen) atoms. The molecule has 2 rings (SSSR count). The normalized spacial score (nSPS) is 32.1. The average molecular weight is 264 g/mol. The van der Waals surface area contributed by atoms with Crippen LogP contribution in [-0.4, -0.2) is 8.32 Å². The van der Waals surface area contributed by atoms with Crippen molar-refractivity contribution in [1.29, 1.82) is 0 Å². The van der Waals surface area contributed by atoms with Gasteiger partial charge in [-0.3, -0.25) is 0 Å². The van der Waals surface area contributed by atoms with Crippen LogP contribution in [0.5, 0.6) is 0 Å². The van der Waals surface area contributed by atoms with Crippen LogP contribution in [0.4, 0.5) is 0 Å². The van der Waals surface area contributed by atoms with Crippen LogP contribution in [0, 0.1) is 17.8 Å². The molecular weight excluding hydrogens is 236 g/mol. The zero-order chi connectivity index (χ0) is 13.6. The molecule has 0 aliphatic heterocycles. The minimum atomic E-state index is -1.67. The van der Waals surface area contributed by atoms with Gasteiger partial charge in [0.25, 0.3) is 0 Å². The molecular formula is C16H28OSi. The third-order valence-corrected chi connectivity index (χ3v) is 9.51. The predicted octanol–water partition coefficient (Wildman–Crippen LogP) is 5.12. The molecule has 0 aromatic carbocycles. The number of rotatable bonds is 2. The summed E-state index contributed by atoms with van der Waals surface area (Å²) in [5, 5.41) is 0.279. The third kappa shape index (κ3) is 2.58. The summed E-state index contributed by atoms with van der Waals surface area (Å²) in [5.74, 6) is 3.47. The summed E-state index contributed by atoms with van der Waals surface area (Å²) < 4.78 is 6.40. The van der Waals surface area contributed by atoms with Crippen LogP contribution >= 0.6 is 0 Å².